The van der Waals surface area contributed by atoms with Gasteiger partial charge in [-0.2, -0.15) is 10.5 Å². The quantitative estimate of drug-likeness (QED) is 0.292. The third-order valence-electron chi connectivity index (χ3n) is 6.92. The van der Waals surface area contributed by atoms with Crippen LogP contribution in [-0.2, 0) is 9.47 Å². The van der Waals surface area contributed by atoms with Crippen LogP contribution in [0.15, 0.2) is 36.9 Å². The van der Waals surface area contributed by atoms with Gasteiger partial charge in [0.2, 0.25) is 0 Å². The number of hydrogen-bond donors (Lipinski definition) is 1. The smallest absolute Gasteiger partial charge is 0.415 e. The molecule has 16 nitrogen and oxygen atoms in total. The first kappa shape index (κ1) is 41.8. The van der Waals surface area contributed by atoms with E-state index in [-0.39, 0.29) is 29.7 Å². The van der Waals surface area contributed by atoms with Gasteiger partial charge in [-0.25, -0.2) is 14.4 Å². The van der Waals surface area contributed by atoms with Gasteiger partial charge in [-0.1, -0.05) is 0 Å². The summed E-state index contributed by atoms with van der Waals surface area (Å²) in [6, 6.07) is 6.29. The molecule has 1 N–H and O–H groups in total. The van der Waals surface area contributed by atoms with Gasteiger partial charge in [0.25, 0.3) is 0 Å². The second-order valence-corrected chi connectivity index (χ2v) is 13.9. The van der Waals surface area contributed by atoms with E-state index in [4.69, 9.17) is 41.4 Å². The first-order valence-corrected chi connectivity index (χ1v) is 16.4. The molecule has 0 radical (unpaired) electrons. The van der Waals surface area contributed by atoms with Crippen LogP contribution in [0.2, 0.25) is 0 Å². The van der Waals surface area contributed by atoms with Gasteiger partial charge in [-0.15, -0.1) is 0 Å². The molecule has 51 heavy (non-hydrogen) atoms. The number of ether oxygens (including phenoxy) is 3. The number of pyridine rings is 2. The van der Waals surface area contributed by atoms with Gasteiger partial charge in [0.1, 0.15) is 29.1 Å². The normalized spacial score (nSPS) is 17.2. The molecule has 4 amide bonds. The number of carbonyl (C=O) groups is 4. The fourth-order valence-electron chi connectivity index (χ4n) is 4.62. The highest BCUT2D eigenvalue weighted by molar-refractivity contribution is 6.62. The van der Waals surface area contributed by atoms with E-state index in [1.54, 1.807) is 19.6 Å². The number of piperazine rings is 2. The summed E-state index contributed by atoms with van der Waals surface area (Å²) < 4.78 is 15.9. The average Bonchev–Trinajstić information content (AvgIpc) is 3.03. The Morgan fingerprint density at radius 3 is 1.59 bits per heavy atom. The number of nitriles is 2. The van der Waals surface area contributed by atoms with Crippen LogP contribution < -0.4 is 4.74 Å². The zero-order valence-electron chi connectivity index (χ0n) is 30.1. The van der Waals surface area contributed by atoms with Gasteiger partial charge >= 0.3 is 23.6 Å². The Kier molecular flexibility index (Phi) is 15.2. The number of nitrogens with zero attached hydrogens (tertiary/aromatic N) is 8. The molecule has 2 aromatic rings. The molecule has 2 saturated heterocycles. The summed E-state index contributed by atoms with van der Waals surface area (Å²) in [5.41, 5.74) is -0.377. The summed E-state index contributed by atoms with van der Waals surface area (Å²) in [7, 11) is 0. The van der Waals surface area contributed by atoms with Gasteiger partial charge in [-0.3, -0.25) is 14.8 Å². The summed E-state index contributed by atoms with van der Waals surface area (Å²) in [5, 5.41) is 25.4. The minimum Gasteiger partial charge on any atom is -0.506 e. The number of carbonyl (C=O) groups excluding carboxylic acids is 4. The Balaban J connectivity index is 0.000000297. The van der Waals surface area contributed by atoms with Crippen LogP contribution in [-0.4, -0.2) is 121 Å². The van der Waals surface area contributed by atoms with Crippen molar-refractivity contribution in [3.8, 4) is 23.6 Å². The highest BCUT2D eigenvalue weighted by Gasteiger charge is 2.33. The molecule has 2 fully saturated rings. The van der Waals surface area contributed by atoms with Crippen LogP contribution >= 0.6 is 11.6 Å². The molecule has 276 valence electrons. The molecule has 0 bridgehead atoms. The third-order valence-corrected chi connectivity index (χ3v) is 7.14. The number of aromatic hydroxyl groups is 1. The summed E-state index contributed by atoms with van der Waals surface area (Å²) in [6.07, 6.45) is 4.16. The van der Waals surface area contributed by atoms with Crippen molar-refractivity contribution < 1.29 is 38.5 Å². The number of hydrogen-bond acceptors (Lipinski definition) is 12. The van der Waals surface area contributed by atoms with E-state index in [0.29, 0.717) is 50.4 Å². The highest BCUT2D eigenvalue weighted by atomic mass is 35.5. The van der Waals surface area contributed by atoms with Gasteiger partial charge in [0.05, 0.1) is 29.6 Å². The van der Waals surface area contributed by atoms with Gasteiger partial charge in [0.15, 0.2) is 5.75 Å². The number of halogens is 1. The molecule has 4 heterocycles. The fourth-order valence-corrected chi connectivity index (χ4v) is 4.87. The lowest BCUT2D eigenvalue weighted by Crippen LogP contribution is -2.56. The summed E-state index contributed by atoms with van der Waals surface area (Å²) in [4.78, 5) is 61.0. The lowest BCUT2D eigenvalue weighted by molar-refractivity contribution is 0.00777. The molecule has 17 heteroatoms. The van der Waals surface area contributed by atoms with Crippen molar-refractivity contribution >= 4 is 35.2 Å². The SMILES string of the molecule is C[C@@H]1CN(C(=O)OC(C)(C)C)CCN1C(=O)Cl.C[C@@H]1CN(C(=O)OC(C)(C)C)CCN1C(=O)Oc1cncc(C#N)c1.N#Cc1cncc(O)c1. The van der Waals surface area contributed by atoms with Gasteiger partial charge in [-0.05, 0) is 67.0 Å². The molecule has 4 rings (SSSR count). The van der Waals surface area contributed by atoms with E-state index in [1.165, 1.54) is 36.9 Å². The zero-order valence-corrected chi connectivity index (χ0v) is 30.9. The molecule has 2 aliphatic rings. The largest absolute Gasteiger partial charge is 0.506 e. The lowest BCUT2D eigenvalue weighted by atomic mass is 10.2. The van der Waals surface area contributed by atoms with Crippen molar-refractivity contribution in [2.75, 3.05) is 39.3 Å². The number of amides is 4. The van der Waals surface area contributed by atoms with E-state index in [9.17, 15) is 19.2 Å². The predicted molar refractivity (Wildman–Crippen MR) is 185 cm³/mol. The van der Waals surface area contributed by atoms with Gasteiger partial charge < -0.3 is 38.9 Å². The Bertz CT molecular complexity index is 1610. The topological polar surface area (TPSA) is 203 Å². The first-order chi connectivity index (χ1) is 23.7. The Hall–Kier alpha value is -5.35. The molecule has 0 aliphatic carbocycles. The lowest BCUT2D eigenvalue weighted by Gasteiger charge is -2.39. The van der Waals surface area contributed by atoms with Crippen molar-refractivity contribution in [1.82, 2.24) is 29.6 Å². The monoisotopic (exact) mass is 728 g/mol. The molecule has 2 atom stereocenters. The predicted octanol–water partition coefficient (Wildman–Crippen LogP) is 5.34. The number of rotatable bonds is 1. The molecule has 2 aromatic heterocycles. The highest BCUT2D eigenvalue weighted by Crippen LogP contribution is 2.19. The summed E-state index contributed by atoms with van der Waals surface area (Å²) in [5.74, 6) is 0.236. The molecule has 2 aliphatic heterocycles. The Morgan fingerprint density at radius 1 is 0.745 bits per heavy atom. The molecule has 0 unspecified atom stereocenters. The van der Waals surface area contributed by atoms with E-state index in [0.717, 1.165) is 0 Å². The van der Waals surface area contributed by atoms with Crippen LogP contribution in [0.25, 0.3) is 0 Å². The molecule has 0 spiro atoms. The van der Waals surface area contributed by atoms with E-state index >= 15 is 0 Å². The van der Waals surface area contributed by atoms with Crippen LogP contribution in [0.4, 0.5) is 19.2 Å². The Labute approximate surface area is 303 Å². The van der Waals surface area contributed by atoms with Crippen molar-refractivity contribution in [3.63, 3.8) is 0 Å². The third kappa shape index (κ3) is 14.6. The van der Waals surface area contributed by atoms with Crippen molar-refractivity contribution in [3.05, 3.63) is 48.0 Å². The van der Waals surface area contributed by atoms with Gasteiger partial charge in [0, 0.05) is 69.8 Å². The summed E-state index contributed by atoms with van der Waals surface area (Å²) >= 11 is 5.44. The maximum absolute atomic E-state index is 12.3. The van der Waals surface area contributed by atoms with Crippen LogP contribution in [0.3, 0.4) is 0 Å². The fraction of sp³-hybridized carbons (Fsp3) is 0.529. The van der Waals surface area contributed by atoms with E-state index in [2.05, 4.69) is 9.97 Å². The second-order valence-electron chi connectivity index (χ2n) is 13.6. The van der Waals surface area contributed by atoms with Crippen LogP contribution in [0.1, 0.15) is 66.5 Å². The molecular formula is C34H45ClN8O8. The summed E-state index contributed by atoms with van der Waals surface area (Å²) in [6.45, 7) is 17.0. The molecule has 0 saturated carbocycles. The second kappa shape index (κ2) is 18.6. The van der Waals surface area contributed by atoms with Crippen molar-refractivity contribution in [1.29, 1.82) is 10.5 Å². The maximum Gasteiger partial charge on any atom is 0.415 e. The van der Waals surface area contributed by atoms with E-state index in [1.807, 2.05) is 67.5 Å². The minimum absolute atomic E-state index is 0.0223. The van der Waals surface area contributed by atoms with Crippen LogP contribution in [0.5, 0.6) is 11.5 Å². The van der Waals surface area contributed by atoms with Crippen molar-refractivity contribution in [2.24, 2.45) is 0 Å². The minimum atomic E-state index is -0.560. The van der Waals surface area contributed by atoms with Crippen LogP contribution in [0, 0.1) is 22.7 Å². The maximum atomic E-state index is 12.3. The van der Waals surface area contributed by atoms with E-state index < -0.39 is 28.8 Å². The first-order valence-electron chi connectivity index (χ1n) is 16.0. The zero-order chi connectivity index (χ0) is 38.5. The molecular weight excluding hydrogens is 684 g/mol. The van der Waals surface area contributed by atoms with Crippen molar-refractivity contribution in [2.45, 2.75) is 78.7 Å². The Morgan fingerprint density at radius 2 is 1.20 bits per heavy atom. The average molecular weight is 729 g/mol. The number of aromatic nitrogens is 2. The standard InChI is InChI=1S/C17H22N4O4.C11H19ClN2O3.C6H4N2O/c1-12-11-20(15(22)25-17(2,3)4)5-6-21(12)16(23)24-14-7-13(8-18)9-19-10-14;1-8-7-13(5-6-14(8)9(12)15)10(16)17-11(2,3)4;7-2-5-1-6(9)4-8-3-5/h7,9-10,12H,5-6,11H2,1-4H3;8H,5-7H2,1-4H3;1,3-4,9H/t12-;8-;/m11./s1. The molecule has 0 aromatic carbocycles.